The molecule has 3 rings (SSSR count). The molecule has 22 heavy (non-hydrogen) atoms. The molecule has 0 fully saturated rings. The van der Waals surface area contributed by atoms with Crippen molar-refractivity contribution in [3.63, 3.8) is 0 Å². The lowest BCUT2D eigenvalue weighted by Gasteiger charge is -2.15. The Morgan fingerprint density at radius 2 is 2.05 bits per heavy atom. The predicted molar refractivity (Wildman–Crippen MR) is 83.6 cm³/mol. The van der Waals surface area contributed by atoms with Gasteiger partial charge in [-0.2, -0.15) is 0 Å². The van der Waals surface area contributed by atoms with Gasteiger partial charge in [-0.1, -0.05) is 30.3 Å². The number of rotatable bonds is 4. The molecule has 0 aliphatic carbocycles. The number of aromatic nitrogens is 3. The quantitative estimate of drug-likeness (QED) is 0.671. The summed E-state index contributed by atoms with van der Waals surface area (Å²) in [5, 5.41) is 19.3. The monoisotopic (exact) mass is 299 g/mol. The van der Waals surface area contributed by atoms with Crippen molar-refractivity contribution < 1.29 is 10.2 Å². The molecule has 0 saturated carbocycles. The zero-order valence-electron chi connectivity index (χ0n) is 12.2. The van der Waals surface area contributed by atoms with E-state index < -0.39 is 12.7 Å². The number of fused-ring (bicyclic) bond motifs is 1. The van der Waals surface area contributed by atoms with Crippen LogP contribution in [0.1, 0.15) is 5.69 Å². The van der Waals surface area contributed by atoms with Gasteiger partial charge in [-0.05, 0) is 13.0 Å². The minimum absolute atomic E-state index is 0.00721. The van der Waals surface area contributed by atoms with Crippen LogP contribution in [-0.4, -0.2) is 37.5 Å². The number of nitrogens with one attached hydrogen (secondary N) is 1. The third kappa shape index (κ3) is 2.54. The van der Waals surface area contributed by atoms with E-state index in [1.54, 1.807) is 6.07 Å². The largest absolute Gasteiger partial charge is 0.394 e. The molecule has 1 aromatic carbocycles. The van der Waals surface area contributed by atoms with E-state index in [4.69, 9.17) is 5.11 Å². The van der Waals surface area contributed by atoms with Gasteiger partial charge in [0.1, 0.15) is 11.5 Å². The maximum Gasteiger partial charge on any atom is 0.263 e. The van der Waals surface area contributed by atoms with Crippen molar-refractivity contribution in [2.75, 3.05) is 6.61 Å². The highest BCUT2D eigenvalue weighted by molar-refractivity contribution is 5.77. The molecule has 0 bridgehead atoms. The Morgan fingerprint density at radius 1 is 1.32 bits per heavy atom. The topological polar surface area (TPSA) is 91.1 Å². The zero-order valence-corrected chi connectivity index (χ0v) is 12.2. The van der Waals surface area contributed by atoms with E-state index in [1.165, 1.54) is 4.57 Å². The maximum atomic E-state index is 12.7. The van der Waals surface area contributed by atoms with Crippen molar-refractivity contribution in [3.05, 3.63) is 52.4 Å². The van der Waals surface area contributed by atoms with Crippen LogP contribution in [0.15, 0.2) is 41.2 Å². The summed E-state index contributed by atoms with van der Waals surface area (Å²) in [6.07, 6.45) is -1.01. The first-order chi connectivity index (χ1) is 10.6. The Hall–Kier alpha value is -2.44. The minimum atomic E-state index is -1.01. The number of hydrogen-bond donors (Lipinski definition) is 3. The molecule has 114 valence electrons. The lowest BCUT2D eigenvalue weighted by atomic mass is 10.2. The number of benzene rings is 1. The first kappa shape index (κ1) is 14.5. The van der Waals surface area contributed by atoms with Gasteiger partial charge in [0.05, 0.1) is 24.6 Å². The Kier molecular flexibility index (Phi) is 3.79. The van der Waals surface area contributed by atoms with E-state index in [1.807, 2.05) is 37.3 Å². The van der Waals surface area contributed by atoms with Crippen LogP contribution in [0.25, 0.3) is 22.4 Å². The highest BCUT2D eigenvalue weighted by atomic mass is 16.3. The number of aryl methyl sites for hydroxylation is 1. The van der Waals surface area contributed by atoms with E-state index in [2.05, 4.69) is 9.97 Å². The standard InChI is InChI=1S/C16H17N3O3/c1-10-7-13-14(17-10)18-15(11-5-3-2-4-6-11)19(16(13)22)8-12(21)9-20/h2-7,12,17,20-21H,8-9H2,1H3. The van der Waals surface area contributed by atoms with E-state index >= 15 is 0 Å². The summed E-state index contributed by atoms with van der Waals surface area (Å²) >= 11 is 0. The van der Waals surface area contributed by atoms with Crippen molar-refractivity contribution in [2.45, 2.75) is 19.6 Å². The van der Waals surface area contributed by atoms with Crippen LogP contribution in [0.2, 0.25) is 0 Å². The summed E-state index contributed by atoms with van der Waals surface area (Å²) in [5.74, 6) is 0.465. The molecule has 0 aliphatic rings. The highest BCUT2D eigenvalue weighted by Crippen LogP contribution is 2.19. The van der Waals surface area contributed by atoms with Gasteiger partial charge in [0.15, 0.2) is 0 Å². The molecular weight excluding hydrogens is 282 g/mol. The lowest BCUT2D eigenvalue weighted by molar-refractivity contribution is 0.0807. The average molecular weight is 299 g/mol. The molecule has 1 unspecified atom stereocenters. The summed E-state index contributed by atoms with van der Waals surface area (Å²) in [6, 6.07) is 11.0. The smallest absolute Gasteiger partial charge is 0.263 e. The number of aliphatic hydroxyl groups excluding tert-OH is 2. The van der Waals surface area contributed by atoms with Crippen LogP contribution >= 0.6 is 0 Å². The fourth-order valence-corrected chi connectivity index (χ4v) is 2.48. The molecule has 6 heteroatoms. The molecule has 3 aromatic rings. The normalized spacial score (nSPS) is 12.7. The molecule has 0 saturated heterocycles. The summed E-state index contributed by atoms with van der Waals surface area (Å²) < 4.78 is 1.41. The third-order valence-electron chi connectivity index (χ3n) is 3.52. The van der Waals surface area contributed by atoms with Gasteiger partial charge in [-0.15, -0.1) is 0 Å². The van der Waals surface area contributed by atoms with Crippen molar-refractivity contribution in [1.29, 1.82) is 0 Å². The van der Waals surface area contributed by atoms with Crippen LogP contribution in [0.3, 0.4) is 0 Å². The van der Waals surface area contributed by atoms with E-state index in [9.17, 15) is 9.90 Å². The molecule has 2 aromatic heterocycles. The number of nitrogens with zero attached hydrogens (tertiary/aromatic N) is 2. The van der Waals surface area contributed by atoms with Gasteiger partial charge in [0.25, 0.3) is 5.56 Å². The van der Waals surface area contributed by atoms with Crippen molar-refractivity contribution in [2.24, 2.45) is 0 Å². The summed E-state index contributed by atoms with van der Waals surface area (Å²) in [5.41, 5.74) is 1.91. The fourth-order valence-electron chi connectivity index (χ4n) is 2.48. The Morgan fingerprint density at radius 3 is 2.73 bits per heavy atom. The van der Waals surface area contributed by atoms with Crippen molar-refractivity contribution in [3.8, 4) is 11.4 Å². The second-order valence-corrected chi connectivity index (χ2v) is 5.27. The number of H-pyrrole nitrogens is 1. The molecular formula is C16H17N3O3. The summed E-state index contributed by atoms with van der Waals surface area (Å²) in [4.78, 5) is 20.3. The number of aliphatic hydroxyl groups is 2. The fraction of sp³-hybridized carbons (Fsp3) is 0.250. The van der Waals surface area contributed by atoms with Crippen LogP contribution in [-0.2, 0) is 6.54 Å². The van der Waals surface area contributed by atoms with Crippen molar-refractivity contribution in [1.82, 2.24) is 14.5 Å². The maximum absolute atomic E-state index is 12.7. The van der Waals surface area contributed by atoms with Crippen molar-refractivity contribution >= 4 is 11.0 Å². The average Bonchev–Trinajstić information content (AvgIpc) is 2.91. The molecule has 0 amide bonds. The molecule has 0 aliphatic heterocycles. The van der Waals surface area contributed by atoms with Gasteiger partial charge in [0.2, 0.25) is 0 Å². The molecule has 2 heterocycles. The molecule has 0 spiro atoms. The Bertz CT molecular complexity index is 852. The SMILES string of the molecule is Cc1cc2c(=O)n(CC(O)CO)c(-c3ccccc3)nc2[nH]1. The van der Waals surface area contributed by atoms with Crippen LogP contribution in [0.4, 0.5) is 0 Å². The Labute approximate surface area is 126 Å². The van der Waals surface area contributed by atoms with Crippen LogP contribution in [0.5, 0.6) is 0 Å². The van der Waals surface area contributed by atoms with E-state index in [0.29, 0.717) is 16.9 Å². The van der Waals surface area contributed by atoms with E-state index in [0.717, 1.165) is 11.3 Å². The lowest BCUT2D eigenvalue weighted by Crippen LogP contribution is -2.30. The molecule has 3 N–H and O–H groups in total. The zero-order chi connectivity index (χ0) is 15.7. The highest BCUT2D eigenvalue weighted by Gasteiger charge is 2.16. The Balaban J connectivity index is 2.28. The van der Waals surface area contributed by atoms with Crippen LogP contribution in [0, 0.1) is 6.92 Å². The first-order valence-corrected chi connectivity index (χ1v) is 7.04. The second-order valence-electron chi connectivity index (χ2n) is 5.27. The third-order valence-corrected chi connectivity index (χ3v) is 3.52. The van der Waals surface area contributed by atoms with Crippen LogP contribution < -0.4 is 5.56 Å². The minimum Gasteiger partial charge on any atom is -0.394 e. The molecule has 1 atom stereocenters. The van der Waals surface area contributed by atoms with E-state index in [-0.39, 0.29) is 12.1 Å². The molecule has 6 nitrogen and oxygen atoms in total. The number of hydrogen-bond acceptors (Lipinski definition) is 4. The van der Waals surface area contributed by atoms with Gasteiger partial charge >= 0.3 is 0 Å². The second kappa shape index (κ2) is 5.75. The summed E-state index contributed by atoms with van der Waals surface area (Å²) in [7, 11) is 0. The van der Waals surface area contributed by atoms with Gasteiger partial charge < -0.3 is 15.2 Å². The predicted octanol–water partition coefficient (Wildman–Crippen LogP) is 1.05. The first-order valence-electron chi connectivity index (χ1n) is 7.04. The summed E-state index contributed by atoms with van der Waals surface area (Å²) in [6.45, 7) is 1.44. The van der Waals surface area contributed by atoms with Gasteiger partial charge in [-0.3, -0.25) is 9.36 Å². The number of aromatic amines is 1. The van der Waals surface area contributed by atoms with Gasteiger partial charge in [0, 0.05) is 11.3 Å². The molecule has 0 radical (unpaired) electrons. The van der Waals surface area contributed by atoms with Gasteiger partial charge in [-0.25, -0.2) is 4.98 Å².